The zero-order valence-electron chi connectivity index (χ0n) is 0. The van der Waals surface area contributed by atoms with Gasteiger partial charge >= 0.3 is 0 Å². The molecule has 0 aliphatic heterocycles. The minimum absolute atomic E-state index is 0. The van der Waals surface area contributed by atoms with Gasteiger partial charge in [-0.05, 0) is 0 Å². The van der Waals surface area contributed by atoms with E-state index in [4.69, 9.17) is 0 Å². The van der Waals surface area contributed by atoms with E-state index in [1.165, 1.54) is 0 Å². The summed E-state index contributed by atoms with van der Waals surface area (Å²) >= 11 is 0. The van der Waals surface area contributed by atoms with E-state index < -0.39 is 0 Å². The van der Waals surface area contributed by atoms with Crippen molar-refractivity contribution in [3.05, 3.63) is 0 Å². The third kappa shape index (κ3) is 21.0. The van der Waals surface area contributed by atoms with Crippen LogP contribution in [0.5, 0.6) is 0 Å². The molecule has 0 bridgehead atoms. The predicted octanol–water partition coefficient (Wildman–Crippen LogP) is 0.724. The molecule has 0 aliphatic rings. The van der Waals surface area contributed by atoms with Gasteiger partial charge in [-0.15, -0.1) is 0 Å². The fourth-order valence-corrected chi connectivity index (χ4v) is 0. The molecule has 0 aromatic heterocycles. The maximum Gasteiger partial charge on any atom is 0.187 e. The molecule has 1 heteroatoms. The van der Waals surface area contributed by atoms with Crippen LogP contribution in [0.15, 0.2) is 0 Å². The molecule has 0 rings (SSSR count). The topological polar surface area (TPSA) is 0 Å². The van der Waals surface area contributed by atoms with Gasteiger partial charge in [0, 0.05) is 0 Å². The molecule has 0 unspecified atom stereocenters. The molecule has 0 aromatic rings. The molecule has 0 amide bonds. The Morgan fingerprint density at radius 3 is 0.500 bits per heavy atom. The summed E-state index contributed by atoms with van der Waals surface area (Å²) < 4.78 is 0. The van der Waals surface area contributed by atoms with Crippen LogP contribution >= 0.6 is 0 Å². The summed E-state index contributed by atoms with van der Waals surface area (Å²) in [7, 11) is 0. The zero-order chi connectivity index (χ0) is 0. The second-order valence-electron chi connectivity index (χ2n) is 0. The Morgan fingerprint density at radius 2 is 0.500 bits per heavy atom. The van der Waals surface area contributed by atoms with Gasteiger partial charge in [-0.25, -0.2) is 0 Å². The van der Waals surface area contributed by atoms with Gasteiger partial charge in [0.2, 0.25) is 0 Å². The normalized spacial score (nSPS) is 0. The average molecular weight is 78.1 g/mol. The highest BCUT2D eigenvalue weighted by Crippen LogP contribution is 0.146. The molecule has 0 heterocycles. The minimum Gasteiger partial charge on any atom is -0.0776 e. The molecule has 0 saturated carbocycles. The lowest BCUT2D eigenvalue weighted by atomic mass is 12.0. The lowest BCUT2D eigenvalue weighted by Gasteiger charge is -0.0786. The van der Waals surface area contributed by atoms with Crippen molar-refractivity contribution in [2.75, 3.05) is 0 Å². The van der Waals surface area contributed by atoms with Crippen LogP contribution in [0.3, 0.4) is 0 Å². The molecule has 0 atom stereocenters. The van der Waals surface area contributed by atoms with E-state index in [1.807, 2.05) is 0 Å². The summed E-state index contributed by atoms with van der Waals surface area (Å²) in [6.45, 7) is 0. The molecule has 30 valence electrons. The number of hydrogen-bond acceptors (Lipinski definition) is 0. The van der Waals surface area contributed by atoms with Crippen LogP contribution in [0.1, 0.15) is 22.3 Å². The van der Waals surface area contributed by atoms with Crippen molar-refractivity contribution in [2.45, 2.75) is 22.3 Å². The standard InChI is InChI=1S/3CH4.Al.3H/h3*1H4;;;;. The van der Waals surface area contributed by atoms with E-state index in [1.54, 1.807) is 0 Å². The van der Waals surface area contributed by atoms with Crippen LogP contribution in [0.25, 0.3) is 0 Å². The maximum absolute atomic E-state index is 0. The summed E-state index contributed by atoms with van der Waals surface area (Å²) in [6, 6.07) is 0. The van der Waals surface area contributed by atoms with Gasteiger partial charge in [-0.3, -0.25) is 0 Å². The highest BCUT2D eigenvalue weighted by atomic mass is 27.0. The van der Waals surface area contributed by atoms with Crippen LogP contribution in [0.4, 0.5) is 0 Å². The fraction of sp³-hybridized carbons (Fsp3) is 1.00. The maximum atomic E-state index is 0. The first-order valence-corrected chi connectivity index (χ1v) is 0. The number of rotatable bonds is 0. The monoisotopic (exact) mass is 78.1 g/mol. The van der Waals surface area contributed by atoms with Crippen molar-refractivity contribution in [3.63, 3.8) is 0 Å². The molecule has 0 spiro atoms. The highest BCUT2D eigenvalue weighted by Gasteiger charge is 0.187. The van der Waals surface area contributed by atoms with E-state index in [0.717, 1.165) is 0 Å². The molecule has 0 saturated heterocycles. The summed E-state index contributed by atoms with van der Waals surface area (Å²) in [5.41, 5.74) is 0. The molecular formula is C3H15Al. The van der Waals surface area contributed by atoms with Gasteiger partial charge in [0.05, 0.1) is 0 Å². The molecular weight excluding hydrogens is 63.0 g/mol. The van der Waals surface area contributed by atoms with Crippen LogP contribution in [0, 0.1) is 0 Å². The van der Waals surface area contributed by atoms with Gasteiger partial charge in [0.15, 0.2) is 17.4 Å². The van der Waals surface area contributed by atoms with Crippen LogP contribution < -0.4 is 0 Å². The SMILES string of the molecule is C.C.C.[AlH3]. The Bertz CT molecular complexity index is 3.25. The van der Waals surface area contributed by atoms with Gasteiger partial charge in [-0.2, -0.15) is 0 Å². The first-order chi connectivity index (χ1) is 0. The zero-order valence-corrected chi connectivity index (χ0v) is 0. The quantitative estimate of drug-likeness (QED) is 0.374. The Labute approximate surface area is 40.4 Å². The van der Waals surface area contributed by atoms with Gasteiger partial charge in [0.25, 0.3) is 0 Å². The van der Waals surface area contributed by atoms with Crippen molar-refractivity contribution in [1.29, 1.82) is 0 Å². The molecule has 4 heavy (non-hydrogen) atoms. The van der Waals surface area contributed by atoms with Gasteiger partial charge in [-0.1, -0.05) is 22.3 Å². The van der Waals surface area contributed by atoms with Crippen LogP contribution in [-0.2, 0) is 0 Å². The van der Waals surface area contributed by atoms with E-state index in [9.17, 15) is 0 Å². The fourth-order valence-electron chi connectivity index (χ4n) is 0. The first-order valence-electron chi connectivity index (χ1n) is 0. The smallest absolute Gasteiger partial charge is 0.0776 e. The van der Waals surface area contributed by atoms with E-state index in [-0.39, 0.29) is 39.6 Å². The van der Waals surface area contributed by atoms with Gasteiger partial charge in [0.1, 0.15) is 0 Å². The summed E-state index contributed by atoms with van der Waals surface area (Å²) in [6.07, 6.45) is 0. The molecule has 0 radical (unpaired) electrons. The van der Waals surface area contributed by atoms with E-state index in [0.29, 0.717) is 0 Å². The van der Waals surface area contributed by atoms with Crippen molar-refractivity contribution >= 4 is 17.4 Å². The van der Waals surface area contributed by atoms with Crippen LogP contribution in [-0.4, -0.2) is 17.4 Å². The number of hydrogen-bond donors (Lipinski definition) is 0. The van der Waals surface area contributed by atoms with Crippen molar-refractivity contribution < 1.29 is 0 Å². The molecule has 0 nitrogen and oxygen atoms in total. The lowest BCUT2D eigenvalue weighted by molar-refractivity contribution is 2.50. The molecule has 0 aromatic carbocycles. The Kier molecular flexibility index (Phi) is 3980. The Balaban J connectivity index is 0. The summed E-state index contributed by atoms with van der Waals surface area (Å²) in [5.74, 6) is 0. The van der Waals surface area contributed by atoms with E-state index >= 15 is 0 Å². The second-order valence-corrected chi connectivity index (χ2v) is 0. The van der Waals surface area contributed by atoms with Crippen LogP contribution in [0.2, 0.25) is 0 Å². The summed E-state index contributed by atoms with van der Waals surface area (Å²) in [4.78, 5) is 0. The summed E-state index contributed by atoms with van der Waals surface area (Å²) in [5, 5.41) is 0. The van der Waals surface area contributed by atoms with Crippen molar-refractivity contribution in [2.24, 2.45) is 0 Å². The van der Waals surface area contributed by atoms with E-state index in [2.05, 4.69) is 0 Å². The van der Waals surface area contributed by atoms with Crippen molar-refractivity contribution in [3.8, 4) is 0 Å². The second kappa shape index (κ2) is 79.9. The largest absolute Gasteiger partial charge is 0.187 e. The average Bonchev–Trinajstić information content (AvgIpc) is 0. The van der Waals surface area contributed by atoms with Gasteiger partial charge < -0.3 is 0 Å². The molecule has 0 aliphatic carbocycles. The minimum atomic E-state index is 0. The van der Waals surface area contributed by atoms with Crippen molar-refractivity contribution in [1.82, 2.24) is 0 Å². The Hall–Kier alpha value is 0.532. The lowest BCUT2D eigenvalue weighted by Crippen LogP contribution is -0.381. The third-order valence-electron chi connectivity index (χ3n) is 0. The predicted molar refractivity (Wildman–Crippen MR) is 30.1 cm³/mol. The first kappa shape index (κ1) is 199. The Morgan fingerprint density at radius 1 is 0.500 bits per heavy atom. The highest BCUT2D eigenvalue weighted by molar-refractivity contribution is 5.75. The third-order valence-corrected chi connectivity index (χ3v) is 0. The molecule has 0 N–H and O–H groups in total. The molecule has 0 fully saturated rings.